The fourth-order valence-electron chi connectivity index (χ4n) is 5.02. The van der Waals surface area contributed by atoms with Gasteiger partial charge in [-0.2, -0.15) is 0 Å². The minimum Gasteiger partial charge on any atom is -0.481 e. The summed E-state index contributed by atoms with van der Waals surface area (Å²) in [5, 5.41) is 47.4. The summed E-state index contributed by atoms with van der Waals surface area (Å²) in [6.45, 7) is -1.24. The van der Waals surface area contributed by atoms with Crippen molar-refractivity contribution in [1.29, 1.82) is 0 Å². The molecule has 0 aromatic rings. The van der Waals surface area contributed by atoms with Gasteiger partial charge in [0.05, 0.1) is 24.8 Å². The van der Waals surface area contributed by atoms with Crippen molar-refractivity contribution < 1.29 is 68.4 Å². The van der Waals surface area contributed by atoms with E-state index in [-0.39, 0.29) is 56.9 Å². The smallest absolute Gasteiger partial charge is 0.327 e. The zero-order chi connectivity index (χ0) is 42.5. The number of hydrogen-bond donors (Lipinski definition) is 13. The Hall–Kier alpha value is -5.76. The summed E-state index contributed by atoms with van der Waals surface area (Å²) >= 11 is 0.719. The molecule has 0 spiro atoms. The predicted molar refractivity (Wildman–Crippen MR) is 194 cm³/mol. The van der Waals surface area contributed by atoms with Crippen molar-refractivity contribution in [3.8, 4) is 0 Å². The Balaban J connectivity index is 2.90. The van der Waals surface area contributed by atoms with Crippen LogP contribution < -0.4 is 49.5 Å². The average molecular weight is 820 g/mol. The molecule has 56 heavy (non-hydrogen) atoms. The van der Waals surface area contributed by atoms with Gasteiger partial charge in [0.1, 0.15) is 30.2 Å². The van der Waals surface area contributed by atoms with E-state index in [1.165, 1.54) is 4.90 Å². The van der Waals surface area contributed by atoms with Gasteiger partial charge in [0, 0.05) is 31.8 Å². The fourth-order valence-corrected chi connectivity index (χ4v) is 5.78. The molecule has 6 atom stereocenters. The number of aliphatic imine (C=N–C) groups is 1. The molecule has 1 aliphatic heterocycles. The van der Waals surface area contributed by atoms with Crippen LogP contribution in [0.1, 0.15) is 44.9 Å². The van der Waals surface area contributed by atoms with Gasteiger partial charge in [-0.1, -0.05) is 0 Å². The summed E-state index contributed by atoms with van der Waals surface area (Å²) < 4.78 is 0. The van der Waals surface area contributed by atoms with E-state index in [0.717, 1.165) is 11.8 Å². The van der Waals surface area contributed by atoms with Gasteiger partial charge < -0.3 is 74.8 Å². The van der Waals surface area contributed by atoms with Gasteiger partial charge in [0.15, 0.2) is 5.96 Å². The fraction of sp³-hybridized carbons (Fsp3) is 0.633. The zero-order valence-electron chi connectivity index (χ0n) is 30.1. The number of aliphatic carboxylic acids is 4. The molecule has 25 nitrogen and oxygen atoms in total. The van der Waals surface area contributed by atoms with Crippen LogP contribution in [0.3, 0.4) is 0 Å². The molecule has 1 unspecified atom stereocenters. The quantitative estimate of drug-likeness (QED) is 0.0219. The number of hydrogen-bond acceptors (Lipinski definition) is 14. The Kier molecular flexibility index (Phi) is 21.2. The minimum absolute atomic E-state index is 0.0538. The summed E-state index contributed by atoms with van der Waals surface area (Å²) in [6.07, 6.45) is -0.736. The maximum atomic E-state index is 13.3. The third-order valence-electron chi connectivity index (χ3n) is 7.81. The highest BCUT2D eigenvalue weighted by atomic mass is 32.2. The number of thioether (sulfide) groups is 1. The van der Waals surface area contributed by atoms with Gasteiger partial charge in [-0.05, 0) is 32.1 Å². The summed E-state index contributed by atoms with van der Waals surface area (Å²) in [7, 11) is 0. The molecule has 0 bridgehead atoms. The molecule has 26 heteroatoms. The lowest BCUT2D eigenvalue weighted by Gasteiger charge is -2.28. The van der Waals surface area contributed by atoms with Crippen molar-refractivity contribution in [3.63, 3.8) is 0 Å². The van der Waals surface area contributed by atoms with Crippen LogP contribution >= 0.6 is 11.8 Å². The van der Waals surface area contributed by atoms with Crippen molar-refractivity contribution >= 4 is 77.0 Å². The van der Waals surface area contributed by atoms with E-state index in [1.54, 1.807) is 0 Å². The first-order valence-electron chi connectivity index (χ1n) is 17.0. The molecule has 6 amide bonds. The molecule has 1 aliphatic rings. The maximum Gasteiger partial charge on any atom is 0.327 e. The molecular weight excluding hydrogens is 770 g/mol. The zero-order valence-corrected chi connectivity index (χ0v) is 31.0. The largest absolute Gasteiger partial charge is 0.481 e. The SMILES string of the molecule is NC(N)=NCCC[C@H](NC(=O)[C@H]1CCCN1C(=O)[C@@H](N)CCC(=O)O)C(=O)NCC(=O)N[C@@H](CC(=O)O)C(=O)NCC(N)C(=O)N[C@@H](CSCC(=O)O)C(=O)O. The minimum atomic E-state index is -1.74. The first kappa shape index (κ1) is 48.3. The molecule has 0 aromatic heterocycles. The summed E-state index contributed by atoms with van der Waals surface area (Å²) in [4.78, 5) is 127. The normalized spacial score (nSPS) is 16.1. The lowest BCUT2D eigenvalue weighted by molar-refractivity contribution is -0.142. The Morgan fingerprint density at radius 1 is 0.768 bits per heavy atom. The lowest BCUT2D eigenvalue weighted by Crippen LogP contribution is -2.57. The van der Waals surface area contributed by atoms with Crippen molar-refractivity contribution in [2.45, 2.75) is 81.2 Å². The molecule has 1 fully saturated rings. The monoisotopic (exact) mass is 819 g/mol. The van der Waals surface area contributed by atoms with E-state index in [9.17, 15) is 58.2 Å². The van der Waals surface area contributed by atoms with Crippen molar-refractivity contribution in [1.82, 2.24) is 31.5 Å². The number of likely N-dealkylation sites (tertiary alicyclic amines) is 1. The van der Waals surface area contributed by atoms with Crippen LogP contribution in [0.25, 0.3) is 0 Å². The van der Waals surface area contributed by atoms with Crippen LogP contribution in [-0.2, 0) is 47.9 Å². The molecule has 0 aromatic carbocycles. The molecule has 0 aliphatic carbocycles. The Morgan fingerprint density at radius 2 is 1.43 bits per heavy atom. The Bertz CT molecular complexity index is 1500. The van der Waals surface area contributed by atoms with E-state index in [2.05, 4.69) is 31.6 Å². The van der Waals surface area contributed by atoms with E-state index in [4.69, 9.17) is 33.1 Å². The molecule has 1 heterocycles. The van der Waals surface area contributed by atoms with Crippen LogP contribution in [0.4, 0.5) is 0 Å². The number of nitrogens with two attached hydrogens (primary N) is 4. The third-order valence-corrected chi connectivity index (χ3v) is 8.83. The second kappa shape index (κ2) is 24.6. The number of nitrogens with zero attached hydrogens (tertiary/aromatic N) is 2. The van der Waals surface area contributed by atoms with E-state index >= 15 is 0 Å². The van der Waals surface area contributed by atoms with Gasteiger partial charge in [-0.3, -0.25) is 48.1 Å². The standard InChI is InChI=1S/C30H49N11O14S/c31-14(5-6-21(43)44)28(53)41-8-2-4-19(41)27(52)39-16(3-1-7-35-30(33)34)25(50)37-11-20(42)38-17(9-22(45)46)26(51)36-10-15(32)24(49)40-18(29(54)55)12-56-13-23(47)48/h14-19H,1-13,31-32H2,(H,36,51)(H,37,50)(H,38,42)(H,39,52)(H,40,49)(H,43,44)(H,45,46)(H,47,48)(H,54,55)(H4,33,34,35)/t14-,15?,16-,17-,18-,19+/m0/s1. The van der Waals surface area contributed by atoms with Gasteiger partial charge in [0.25, 0.3) is 0 Å². The number of carboxylic acid groups (broad SMARTS) is 4. The molecule has 17 N–H and O–H groups in total. The summed E-state index contributed by atoms with van der Waals surface area (Å²) in [5.41, 5.74) is 22.3. The summed E-state index contributed by atoms with van der Waals surface area (Å²) in [5.74, 6) is -11.8. The topological polar surface area (TPSA) is 431 Å². The van der Waals surface area contributed by atoms with Crippen molar-refractivity contribution in [2.75, 3.05) is 37.7 Å². The molecule has 314 valence electrons. The maximum absolute atomic E-state index is 13.3. The molecule has 0 radical (unpaired) electrons. The van der Waals surface area contributed by atoms with Gasteiger partial charge in [-0.25, -0.2) is 4.79 Å². The number of carbonyl (C=O) groups excluding carboxylic acids is 6. The highest BCUT2D eigenvalue weighted by Crippen LogP contribution is 2.20. The Labute approximate surface area is 323 Å². The number of rotatable bonds is 26. The molecular formula is C30H49N11O14S. The van der Waals surface area contributed by atoms with E-state index in [0.29, 0.717) is 6.42 Å². The Morgan fingerprint density at radius 3 is 2.02 bits per heavy atom. The van der Waals surface area contributed by atoms with E-state index in [1.807, 2.05) is 0 Å². The first-order chi connectivity index (χ1) is 26.2. The number of amides is 6. The second-order valence-electron chi connectivity index (χ2n) is 12.3. The van der Waals surface area contributed by atoms with Crippen LogP contribution in [0.15, 0.2) is 4.99 Å². The van der Waals surface area contributed by atoms with Gasteiger partial charge in [-0.15, -0.1) is 11.8 Å². The number of guanidine groups is 1. The van der Waals surface area contributed by atoms with Crippen LogP contribution in [0, 0.1) is 0 Å². The number of nitrogens with one attached hydrogen (secondary N) is 5. The average Bonchev–Trinajstić information content (AvgIpc) is 3.61. The van der Waals surface area contributed by atoms with Gasteiger partial charge in [0.2, 0.25) is 35.4 Å². The van der Waals surface area contributed by atoms with Crippen LogP contribution in [0.5, 0.6) is 0 Å². The molecule has 0 saturated carbocycles. The van der Waals surface area contributed by atoms with Crippen LogP contribution in [-0.4, -0.2) is 165 Å². The summed E-state index contributed by atoms with van der Waals surface area (Å²) in [6, 6.07) is -8.33. The molecule has 1 rings (SSSR count). The first-order valence-corrected chi connectivity index (χ1v) is 18.2. The molecule has 1 saturated heterocycles. The number of carbonyl (C=O) groups is 10. The third kappa shape index (κ3) is 18.5. The van der Waals surface area contributed by atoms with Gasteiger partial charge >= 0.3 is 23.9 Å². The van der Waals surface area contributed by atoms with Crippen molar-refractivity contribution in [2.24, 2.45) is 27.9 Å². The van der Waals surface area contributed by atoms with Crippen LogP contribution in [0.2, 0.25) is 0 Å². The highest BCUT2D eigenvalue weighted by molar-refractivity contribution is 8.00. The predicted octanol–water partition coefficient (Wildman–Crippen LogP) is -6.39. The van der Waals surface area contributed by atoms with Crippen molar-refractivity contribution in [3.05, 3.63) is 0 Å². The lowest BCUT2D eigenvalue weighted by atomic mass is 10.1. The van der Waals surface area contributed by atoms with E-state index < -0.39 is 121 Å². The number of carboxylic acids is 4. The highest BCUT2D eigenvalue weighted by Gasteiger charge is 2.38. The second-order valence-corrected chi connectivity index (χ2v) is 13.4.